The highest BCUT2D eigenvalue weighted by Crippen LogP contribution is 2.48. The maximum atomic E-state index is 2.45. The fraction of sp³-hybridized carbons (Fsp3) is 0. The summed E-state index contributed by atoms with van der Waals surface area (Å²) in [7, 11) is 0. The summed E-state index contributed by atoms with van der Waals surface area (Å²) in [5.41, 5.74) is 16.3. The molecular weight excluding hydrogens is 1010 g/mol. The van der Waals surface area contributed by atoms with Crippen molar-refractivity contribution in [2.45, 2.75) is 0 Å². The maximum absolute atomic E-state index is 2.45. The van der Waals surface area contributed by atoms with Gasteiger partial charge in [-0.2, -0.15) is 0 Å². The van der Waals surface area contributed by atoms with Crippen molar-refractivity contribution >= 4 is 128 Å². The van der Waals surface area contributed by atoms with Crippen molar-refractivity contribution in [1.82, 2.24) is 4.57 Å². The minimum Gasteiger partial charge on any atom is -0.311 e. The first-order valence-corrected chi connectivity index (χ1v) is 29.0. The van der Waals surface area contributed by atoms with E-state index in [1.807, 2.05) is 0 Å². The quantitative estimate of drug-likeness (QED) is 0.0979. The van der Waals surface area contributed by atoms with Crippen LogP contribution in [0.15, 0.2) is 303 Å². The molecule has 0 bridgehead atoms. The lowest BCUT2D eigenvalue weighted by Gasteiger charge is -2.26. The van der Waals surface area contributed by atoms with Crippen LogP contribution in [0, 0.1) is 0 Å². The summed E-state index contributed by atoms with van der Waals surface area (Å²) in [5.74, 6) is 0. The number of hydrogen-bond donors (Lipinski definition) is 0. The van der Waals surface area contributed by atoms with E-state index in [0.717, 1.165) is 44.9 Å². The first-order valence-electron chi connectivity index (χ1n) is 29.0. The fourth-order valence-electron chi connectivity index (χ4n) is 13.1. The van der Waals surface area contributed by atoms with Crippen molar-refractivity contribution in [2.24, 2.45) is 0 Å². The second-order valence-corrected chi connectivity index (χ2v) is 22.0. The van der Waals surface area contributed by atoms with E-state index < -0.39 is 0 Å². The molecule has 0 aliphatic carbocycles. The van der Waals surface area contributed by atoms with E-state index in [1.165, 1.54) is 109 Å². The molecule has 0 saturated carbocycles. The van der Waals surface area contributed by atoms with Crippen LogP contribution in [0.25, 0.3) is 139 Å². The molecule has 0 spiro atoms. The zero-order valence-electron chi connectivity index (χ0n) is 46.1. The molecule has 0 aliphatic heterocycles. The molecule has 0 N–H and O–H groups in total. The van der Waals surface area contributed by atoms with E-state index in [-0.39, 0.29) is 0 Å². The molecule has 0 unspecified atom stereocenters. The zero-order chi connectivity index (χ0) is 55.5. The van der Waals surface area contributed by atoms with Crippen molar-refractivity contribution in [3.05, 3.63) is 326 Å². The van der Waals surface area contributed by atoms with Crippen LogP contribution in [-0.4, -0.2) is 4.57 Å². The highest BCUT2D eigenvalue weighted by molar-refractivity contribution is 6.25. The summed E-state index contributed by atoms with van der Waals surface area (Å²) in [4.78, 5) is 2.33. The lowest BCUT2D eigenvalue weighted by atomic mass is 9.84. The van der Waals surface area contributed by atoms with Gasteiger partial charge < -0.3 is 9.47 Å². The Balaban J connectivity index is 0.858. The third-order valence-electron chi connectivity index (χ3n) is 17.1. The SMILES string of the molecule is C(=C\c1cccc2ccccc12)/c1ccc2c(c1)c1cc(/C=C/c3cccc4ccccc34)ccc1n2-c1ccc(-c2c3cc4ccccc4cc3c(-c3ccc(N(c4ccccc4)c4ccccc4)cc3)c3cc4ccccc4cc23)cc1. The maximum Gasteiger partial charge on any atom is 0.0541 e. The largest absolute Gasteiger partial charge is 0.311 e. The molecule has 0 radical (unpaired) electrons. The monoisotopic (exact) mass is 1070 g/mol. The third-order valence-corrected chi connectivity index (χ3v) is 17.1. The van der Waals surface area contributed by atoms with Crippen LogP contribution < -0.4 is 4.90 Å². The Hall–Kier alpha value is -11.1. The van der Waals surface area contributed by atoms with Crippen LogP contribution in [0.3, 0.4) is 0 Å². The smallest absolute Gasteiger partial charge is 0.0541 e. The van der Waals surface area contributed by atoms with E-state index >= 15 is 0 Å². The van der Waals surface area contributed by atoms with Gasteiger partial charge in [0.05, 0.1) is 11.0 Å². The molecule has 1 aromatic heterocycles. The first-order chi connectivity index (χ1) is 41.6. The van der Waals surface area contributed by atoms with Gasteiger partial charge in [0.1, 0.15) is 0 Å². The van der Waals surface area contributed by atoms with Gasteiger partial charge in [0, 0.05) is 33.5 Å². The van der Waals surface area contributed by atoms with Crippen LogP contribution in [0.4, 0.5) is 17.1 Å². The number of para-hydroxylation sites is 2. The van der Waals surface area contributed by atoms with E-state index in [2.05, 4.69) is 337 Å². The van der Waals surface area contributed by atoms with Crippen LogP contribution in [0.2, 0.25) is 0 Å². The van der Waals surface area contributed by atoms with Gasteiger partial charge in [-0.3, -0.25) is 0 Å². The molecule has 15 aromatic carbocycles. The van der Waals surface area contributed by atoms with Crippen molar-refractivity contribution in [3.8, 4) is 27.9 Å². The molecule has 16 aromatic rings. The molecule has 392 valence electrons. The average Bonchev–Trinajstić information content (AvgIpc) is 1.88. The highest BCUT2D eigenvalue weighted by atomic mass is 15.1. The number of anilines is 3. The van der Waals surface area contributed by atoms with Crippen LogP contribution in [0.1, 0.15) is 22.3 Å². The van der Waals surface area contributed by atoms with Gasteiger partial charge in [-0.25, -0.2) is 0 Å². The van der Waals surface area contributed by atoms with E-state index in [1.54, 1.807) is 0 Å². The Morgan fingerprint density at radius 1 is 0.238 bits per heavy atom. The van der Waals surface area contributed by atoms with Gasteiger partial charge in [-0.15, -0.1) is 0 Å². The van der Waals surface area contributed by atoms with Gasteiger partial charge >= 0.3 is 0 Å². The Bertz CT molecular complexity index is 4990. The molecule has 0 atom stereocenters. The van der Waals surface area contributed by atoms with Gasteiger partial charge in [-0.05, 0) is 206 Å². The standard InChI is InChI=1S/C82H54N2/c1-3-27-67(28-4-1)83(68-29-5-2-6-30-68)69-43-39-61(40-44-69)81-75-51-63-19-7-9-21-65(63)53-77(75)82(78-54-66-22-10-8-20-64(66)52-76(78)81)62-41-45-70(46-42-62)84-79-47-35-55(33-37-59-25-15-23-57-17-11-13-31-71(57)59)49-73(79)74-50-56(36-48-80(74)84)34-38-60-26-16-24-58-18-12-14-32-72(58)60/h1-54H/b37-33+,38-34+. The number of fused-ring (bicyclic) bond motifs is 9. The summed E-state index contributed by atoms with van der Waals surface area (Å²) in [6.45, 7) is 0. The Labute approximate surface area is 488 Å². The minimum atomic E-state index is 1.10. The van der Waals surface area contributed by atoms with Gasteiger partial charge in [0.15, 0.2) is 0 Å². The lowest BCUT2D eigenvalue weighted by Crippen LogP contribution is -2.09. The lowest BCUT2D eigenvalue weighted by molar-refractivity contribution is 1.18. The molecular formula is C82H54N2. The zero-order valence-corrected chi connectivity index (χ0v) is 46.1. The minimum absolute atomic E-state index is 1.10. The second kappa shape index (κ2) is 20.5. The average molecular weight is 1070 g/mol. The van der Waals surface area contributed by atoms with Gasteiger partial charge in [0.2, 0.25) is 0 Å². The summed E-state index contributed by atoms with van der Waals surface area (Å²) in [6, 6.07) is 111. The summed E-state index contributed by atoms with van der Waals surface area (Å²) in [6.07, 6.45) is 9.04. The van der Waals surface area contributed by atoms with Crippen LogP contribution in [0.5, 0.6) is 0 Å². The number of aromatic nitrogens is 1. The van der Waals surface area contributed by atoms with Crippen molar-refractivity contribution in [3.63, 3.8) is 0 Å². The Kier molecular flexibility index (Phi) is 11.9. The van der Waals surface area contributed by atoms with E-state index in [9.17, 15) is 0 Å². The highest BCUT2D eigenvalue weighted by Gasteiger charge is 2.21. The number of benzene rings is 15. The molecule has 1 heterocycles. The Morgan fingerprint density at radius 3 is 1.02 bits per heavy atom. The number of rotatable bonds is 10. The summed E-state index contributed by atoms with van der Waals surface area (Å²) < 4.78 is 2.45. The van der Waals surface area contributed by atoms with Gasteiger partial charge in [-0.1, -0.05) is 231 Å². The topological polar surface area (TPSA) is 8.17 Å². The normalized spacial score (nSPS) is 12.0. The van der Waals surface area contributed by atoms with Crippen LogP contribution in [-0.2, 0) is 0 Å². The molecule has 2 heteroatoms. The number of nitrogens with zero attached hydrogens (tertiary/aromatic N) is 2. The van der Waals surface area contributed by atoms with Crippen LogP contribution >= 0.6 is 0 Å². The molecule has 84 heavy (non-hydrogen) atoms. The van der Waals surface area contributed by atoms with Crippen molar-refractivity contribution in [2.75, 3.05) is 4.90 Å². The second-order valence-electron chi connectivity index (χ2n) is 22.0. The third kappa shape index (κ3) is 8.59. The van der Waals surface area contributed by atoms with Crippen molar-refractivity contribution in [1.29, 1.82) is 0 Å². The molecule has 2 nitrogen and oxygen atoms in total. The van der Waals surface area contributed by atoms with E-state index in [4.69, 9.17) is 0 Å². The predicted molar refractivity (Wildman–Crippen MR) is 362 cm³/mol. The Morgan fingerprint density at radius 2 is 0.595 bits per heavy atom. The summed E-state index contributed by atoms with van der Waals surface area (Å²) in [5, 5.41) is 17.2. The molecule has 0 saturated heterocycles. The van der Waals surface area contributed by atoms with Gasteiger partial charge in [0.25, 0.3) is 0 Å². The first kappa shape index (κ1) is 48.8. The van der Waals surface area contributed by atoms with Crippen molar-refractivity contribution < 1.29 is 0 Å². The summed E-state index contributed by atoms with van der Waals surface area (Å²) >= 11 is 0. The predicted octanol–water partition coefficient (Wildman–Crippen LogP) is 22.8. The number of hydrogen-bond acceptors (Lipinski definition) is 1. The van der Waals surface area contributed by atoms with E-state index in [0.29, 0.717) is 0 Å². The molecule has 16 rings (SSSR count). The molecule has 0 aliphatic rings. The molecule has 0 fully saturated rings. The fourth-order valence-corrected chi connectivity index (χ4v) is 13.1. The molecule has 0 amide bonds.